The van der Waals surface area contributed by atoms with Crippen LogP contribution in [0.4, 0.5) is 18.9 Å². The molecule has 0 saturated carbocycles. The van der Waals surface area contributed by atoms with Gasteiger partial charge in [-0.15, -0.1) is 5.10 Å². The van der Waals surface area contributed by atoms with Crippen molar-refractivity contribution < 1.29 is 32.7 Å². The number of carboxylic acid groups (broad SMARTS) is 1. The molecule has 3 N–H and O–H groups in total. The molecule has 0 saturated heterocycles. The fourth-order valence-corrected chi connectivity index (χ4v) is 5.77. The molecule has 270 valence electrons. The Labute approximate surface area is 303 Å². The molecule has 4 heterocycles. The highest BCUT2D eigenvalue weighted by Gasteiger charge is 2.38. The van der Waals surface area contributed by atoms with E-state index in [0.29, 0.717) is 63.7 Å². The number of anilines is 1. The number of aromatic nitrogens is 6. The molecule has 0 radical (unpaired) electrons. The van der Waals surface area contributed by atoms with E-state index in [9.17, 15) is 27.6 Å². The number of halogens is 5. The summed E-state index contributed by atoms with van der Waals surface area (Å²) >= 11 is 12.3. The summed E-state index contributed by atoms with van der Waals surface area (Å²) in [5.41, 5.74) is 4.39. The first-order valence-corrected chi connectivity index (χ1v) is 16.3. The number of alkyl halides is 3. The van der Waals surface area contributed by atoms with Crippen LogP contribution < -0.4 is 16.2 Å². The van der Waals surface area contributed by atoms with Gasteiger partial charge in [-0.1, -0.05) is 41.8 Å². The normalized spacial score (nSPS) is 15.9. The van der Waals surface area contributed by atoms with Crippen LogP contribution in [-0.4, -0.2) is 65.6 Å². The highest BCUT2D eigenvalue weighted by atomic mass is 35.5. The predicted octanol–water partition coefficient (Wildman–Crippen LogP) is 6.20. The number of pyridine rings is 1. The Kier molecular flexibility index (Phi) is 11.4. The monoisotopic (exact) mass is 756 g/mol. The lowest BCUT2D eigenvalue weighted by Gasteiger charge is -2.23. The van der Waals surface area contributed by atoms with Gasteiger partial charge in [0, 0.05) is 52.6 Å². The van der Waals surface area contributed by atoms with E-state index in [0.717, 1.165) is 5.56 Å². The number of amides is 2. The molecule has 2 aromatic carbocycles. The quantitative estimate of drug-likeness (QED) is 0.193. The number of hydrogen-bond acceptors (Lipinski definition) is 8. The molecular weight excluding hydrogens is 728 g/mol. The molecule has 2 atom stereocenters. The van der Waals surface area contributed by atoms with Gasteiger partial charge in [-0.2, -0.15) is 13.2 Å². The Morgan fingerprint density at radius 3 is 2.40 bits per heavy atom. The third kappa shape index (κ3) is 8.63. The first-order chi connectivity index (χ1) is 24.7. The van der Waals surface area contributed by atoms with Crippen molar-refractivity contribution in [2.45, 2.75) is 38.4 Å². The van der Waals surface area contributed by atoms with Crippen molar-refractivity contribution in [3.05, 3.63) is 105 Å². The van der Waals surface area contributed by atoms with E-state index in [4.69, 9.17) is 33.1 Å². The van der Waals surface area contributed by atoms with Crippen molar-refractivity contribution in [3.8, 4) is 28.1 Å². The summed E-state index contributed by atoms with van der Waals surface area (Å²) in [6.07, 6.45) is 1.44. The second-order valence-corrected chi connectivity index (χ2v) is 12.4. The SMILES string of the molecule is CNC(=O)c1ccc2c(c1)-c1ccnc(c1)[C@@H](n1cnc(-c3cc(Cl)ccc3-n3cc(Cl)nn3)cc1=O)CCC[C@@H](C)C(=O)N2.O=C(O)C(F)(F)F. The minimum absolute atomic E-state index is 0.121. The number of benzene rings is 2. The summed E-state index contributed by atoms with van der Waals surface area (Å²) in [6.45, 7) is 1.87. The second-order valence-electron chi connectivity index (χ2n) is 11.6. The Balaban J connectivity index is 0.000000679. The van der Waals surface area contributed by atoms with E-state index in [1.807, 2.05) is 19.1 Å². The summed E-state index contributed by atoms with van der Waals surface area (Å²) in [4.78, 5) is 57.6. The van der Waals surface area contributed by atoms with Gasteiger partial charge >= 0.3 is 12.1 Å². The molecular formula is C34H29Cl2F3N8O5. The van der Waals surface area contributed by atoms with Gasteiger partial charge in [0.25, 0.3) is 11.5 Å². The summed E-state index contributed by atoms with van der Waals surface area (Å²) in [6, 6.07) is 15.0. The van der Waals surface area contributed by atoms with E-state index in [2.05, 4.69) is 30.9 Å². The summed E-state index contributed by atoms with van der Waals surface area (Å²) < 4.78 is 34.8. The molecule has 18 heteroatoms. The first kappa shape index (κ1) is 37.6. The molecule has 0 aliphatic carbocycles. The minimum Gasteiger partial charge on any atom is -0.475 e. The molecule has 3 aromatic heterocycles. The highest BCUT2D eigenvalue weighted by molar-refractivity contribution is 6.31. The number of carbonyl (C=O) groups excluding carboxylic acids is 2. The fourth-order valence-electron chi connectivity index (χ4n) is 5.48. The number of fused-ring (bicyclic) bond motifs is 4. The van der Waals surface area contributed by atoms with Crippen LogP contribution in [0, 0.1) is 5.92 Å². The molecule has 52 heavy (non-hydrogen) atoms. The zero-order valence-corrected chi connectivity index (χ0v) is 28.9. The van der Waals surface area contributed by atoms with Crippen molar-refractivity contribution in [1.82, 2.24) is 34.8 Å². The lowest BCUT2D eigenvalue weighted by atomic mass is 9.94. The van der Waals surface area contributed by atoms with Gasteiger partial charge in [0.15, 0.2) is 5.15 Å². The molecule has 2 bridgehead atoms. The predicted molar refractivity (Wildman–Crippen MR) is 185 cm³/mol. The average molecular weight is 758 g/mol. The van der Waals surface area contributed by atoms with Crippen LogP contribution >= 0.6 is 23.2 Å². The molecule has 0 spiro atoms. The van der Waals surface area contributed by atoms with Crippen molar-refractivity contribution >= 4 is 46.7 Å². The average Bonchev–Trinajstić information content (AvgIpc) is 3.55. The fraction of sp³-hybridized carbons (Fsp3) is 0.235. The van der Waals surface area contributed by atoms with Gasteiger partial charge in [0.05, 0.1) is 35.6 Å². The number of hydrogen-bond donors (Lipinski definition) is 3. The van der Waals surface area contributed by atoms with E-state index < -0.39 is 18.2 Å². The Morgan fingerprint density at radius 1 is 1.00 bits per heavy atom. The van der Waals surface area contributed by atoms with Crippen molar-refractivity contribution in [3.63, 3.8) is 0 Å². The smallest absolute Gasteiger partial charge is 0.475 e. The summed E-state index contributed by atoms with van der Waals surface area (Å²) in [7, 11) is 1.56. The Hall–Kier alpha value is -5.61. The Morgan fingerprint density at radius 2 is 1.75 bits per heavy atom. The number of rotatable bonds is 4. The van der Waals surface area contributed by atoms with Crippen molar-refractivity contribution in [2.75, 3.05) is 12.4 Å². The largest absolute Gasteiger partial charge is 0.490 e. The van der Waals surface area contributed by atoms with Crippen LogP contribution in [0.1, 0.15) is 48.3 Å². The van der Waals surface area contributed by atoms with Gasteiger partial charge in [-0.05, 0) is 66.9 Å². The molecule has 5 aromatic rings. The standard InChI is InChI=1S/C32H28Cl2N8O3.C2HF3O2/c1-18-4-3-5-28(26-13-19(10-11-36-26)22-12-20(32(45)35-2)6-8-24(22)38-31(18)44)41-17-37-25(15-30(41)43)23-14-21(33)7-9-27(23)42-16-29(34)39-40-42;3-2(4,5)1(6)7/h6-18,28H,3-5H2,1-2H3,(H,35,45)(H,38,44);(H,6,7)/t18-,28+;/m1./s1. The third-order valence-corrected chi connectivity index (χ3v) is 8.53. The topological polar surface area (TPSA) is 174 Å². The summed E-state index contributed by atoms with van der Waals surface area (Å²) in [5, 5.41) is 21.4. The number of carboxylic acids is 1. The van der Waals surface area contributed by atoms with Crippen LogP contribution in [0.15, 0.2) is 78.1 Å². The van der Waals surface area contributed by atoms with Crippen molar-refractivity contribution in [2.24, 2.45) is 5.92 Å². The lowest BCUT2D eigenvalue weighted by Crippen LogP contribution is -2.27. The lowest BCUT2D eigenvalue weighted by molar-refractivity contribution is -0.192. The maximum atomic E-state index is 13.8. The number of carbonyl (C=O) groups is 3. The molecule has 1 aliphatic heterocycles. The molecule has 13 nitrogen and oxygen atoms in total. The van der Waals surface area contributed by atoms with Gasteiger partial charge in [0.1, 0.15) is 0 Å². The Bertz CT molecular complexity index is 2210. The van der Waals surface area contributed by atoms with E-state index in [1.165, 1.54) is 17.1 Å². The number of nitrogens with zero attached hydrogens (tertiary/aromatic N) is 6. The summed E-state index contributed by atoms with van der Waals surface area (Å²) in [5.74, 6) is -3.41. The van der Waals surface area contributed by atoms with E-state index in [-0.39, 0.29) is 28.4 Å². The maximum Gasteiger partial charge on any atom is 0.490 e. The highest BCUT2D eigenvalue weighted by Crippen LogP contribution is 2.34. The van der Waals surface area contributed by atoms with Gasteiger partial charge < -0.3 is 15.7 Å². The van der Waals surface area contributed by atoms with E-state index >= 15 is 0 Å². The number of aliphatic carboxylic acids is 1. The number of nitrogens with one attached hydrogen (secondary N) is 2. The zero-order chi connectivity index (χ0) is 37.7. The van der Waals surface area contributed by atoms with Crippen LogP contribution in [0.25, 0.3) is 28.1 Å². The van der Waals surface area contributed by atoms with Gasteiger partial charge in [-0.3, -0.25) is 23.9 Å². The zero-order valence-electron chi connectivity index (χ0n) is 27.4. The van der Waals surface area contributed by atoms with Crippen LogP contribution in [0.5, 0.6) is 0 Å². The molecule has 1 aliphatic rings. The van der Waals surface area contributed by atoms with Crippen LogP contribution in [-0.2, 0) is 9.59 Å². The molecule has 0 fully saturated rings. The van der Waals surface area contributed by atoms with Crippen LogP contribution in [0.2, 0.25) is 10.2 Å². The molecule has 6 rings (SSSR count). The van der Waals surface area contributed by atoms with Gasteiger partial charge in [0.2, 0.25) is 5.91 Å². The molecule has 2 amide bonds. The van der Waals surface area contributed by atoms with Crippen molar-refractivity contribution in [1.29, 1.82) is 0 Å². The van der Waals surface area contributed by atoms with E-state index in [1.54, 1.807) is 60.4 Å². The van der Waals surface area contributed by atoms with Gasteiger partial charge in [-0.25, -0.2) is 14.5 Å². The molecule has 0 unspecified atom stereocenters. The first-order valence-electron chi connectivity index (χ1n) is 15.6. The second kappa shape index (κ2) is 15.7. The van der Waals surface area contributed by atoms with Crippen LogP contribution in [0.3, 0.4) is 0 Å². The minimum atomic E-state index is -5.08. The third-order valence-electron chi connectivity index (χ3n) is 8.12. The maximum absolute atomic E-state index is 13.8.